The Kier molecular flexibility index (Phi) is 3.28. The van der Waals surface area contributed by atoms with E-state index in [1.807, 2.05) is 0 Å². The summed E-state index contributed by atoms with van der Waals surface area (Å²) in [5.41, 5.74) is 4.83. The van der Waals surface area contributed by atoms with Crippen LogP contribution in [-0.2, 0) is 0 Å². The Morgan fingerprint density at radius 3 is 2.58 bits per heavy atom. The van der Waals surface area contributed by atoms with Gasteiger partial charge in [-0.3, -0.25) is 10.1 Å². The second-order valence-corrected chi connectivity index (χ2v) is 3.63. The first kappa shape index (κ1) is 12.7. The molecular formula is C12H8F2N2O3. The van der Waals surface area contributed by atoms with E-state index in [-0.39, 0.29) is 11.4 Å². The number of hydrogen-bond donors (Lipinski definition) is 1. The molecule has 0 bridgehead atoms. The molecule has 0 atom stereocenters. The van der Waals surface area contributed by atoms with Crippen molar-refractivity contribution in [2.24, 2.45) is 0 Å². The van der Waals surface area contributed by atoms with Crippen LogP contribution in [-0.4, -0.2) is 4.92 Å². The molecule has 0 saturated heterocycles. The van der Waals surface area contributed by atoms with Crippen molar-refractivity contribution in [3.05, 3.63) is 58.1 Å². The van der Waals surface area contributed by atoms with Crippen LogP contribution in [0.5, 0.6) is 11.5 Å². The maximum atomic E-state index is 13.4. The van der Waals surface area contributed by atoms with Crippen LogP contribution < -0.4 is 10.5 Å². The number of anilines is 1. The lowest BCUT2D eigenvalue weighted by Crippen LogP contribution is -1.99. The zero-order chi connectivity index (χ0) is 14.0. The molecule has 2 N–H and O–H groups in total. The Morgan fingerprint density at radius 2 is 1.89 bits per heavy atom. The highest BCUT2D eigenvalue weighted by atomic mass is 19.1. The third kappa shape index (κ3) is 2.59. The van der Waals surface area contributed by atoms with Crippen molar-refractivity contribution in [2.45, 2.75) is 0 Å². The SMILES string of the molecule is Nc1cccc(Oc2cc(F)ccc2F)c1[N+](=O)[O-]. The predicted molar refractivity (Wildman–Crippen MR) is 63.9 cm³/mol. The van der Waals surface area contributed by atoms with E-state index in [2.05, 4.69) is 0 Å². The topological polar surface area (TPSA) is 78.4 Å². The van der Waals surface area contributed by atoms with Gasteiger partial charge < -0.3 is 10.5 Å². The number of nitrogens with two attached hydrogens (primary N) is 1. The first-order chi connectivity index (χ1) is 8.99. The summed E-state index contributed by atoms with van der Waals surface area (Å²) in [6.45, 7) is 0. The maximum absolute atomic E-state index is 13.4. The van der Waals surface area contributed by atoms with E-state index in [0.29, 0.717) is 0 Å². The minimum Gasteiger partial charge on any atom is -0.447 e. The lowest BCUT2D eigenvalue weighted by atomic mass is 10.2. The van der Waals surface area contributed by atoms with E-state index >= 15 is 0 Å². The number of nitrogen functional groups attached to an aromatic ring is 1. The molecule has 0 unspecified atom stereocenters. The van der Waals surface area contributed by atoms with Crippen molar-refractivity contribution >= 4 is 11.4 Å². The van der Waals surface area contributed by atoms with Crippen molar-refractivity contribution in [2.75, 3.05) is 5.73 Å². The van der Waals surface area contributed by atoms with Crippen molar-refractivity contribution in [3.8, 4) is 11.5 Å². The molecule has 0 aliphatic rings. The number of nitro groups is 1. The Labute approximate surface area is 106 Å². The third-order valence-corrected chi connectivity index (χ3v) is 2.33. The molecule has 7 heteroatoms. The van der Waals surface area contributed by atoms with E-state index in [0.717, 1.165) is 18.2 Å². The fourth-order valence-electron chi connectivity index (χ4n) is 1.49. The monoisotopic (exact) mass is 266 g/mol. The second-order valence-electron chi connectivity index (χ2n) is 3.63. The predicted octanol–water partition coefficient (Wildman–Crippen LogP) is 3.25. The molecule has 19 heavy (non-hydrogen) atoms. The van der Waals surface area contributed by atoms with E-state index < -0.39 is 28.0 Å². The highest BCUT2D eigenvalue weighted by Gasteiger charge is 2.20. The van der Waals surface area contributed by atoms with Crippen molar-refractivity contribution in [1.82, 2.24) is 0 Å². The highest BCUT2D eigenvalue weighted by Crippen LogP contribution is 2.36. The smallest absolute Gasteiger partial charge is 0.334 e. The number of ether oxygens (including phenoxy) is 1. The Bertz CT molecular complexity index is 647. The molecule has 0 aliphatic heterocycles. The number of benzene rings is 2. The number of rotatable bonds is 3. The van der Waals surface area contributed by atoms with Gasteiger partial charge in [0.25, 0.3) is 0 Å². The summed E-state index contributed by atoms with van der Waals surface area (Å²) in [6, 6.07) is 6.54. The van der Waals surface area contributed by atoms with Gasteiger partial charge in [-0.2, -0.15) is 0 Å². The van der Waals surface area contributed by atoms with Gasteiger partial charge in [0.1, 0.15) is 11.5 Å². The van der Waals surface area contributed by atoms with Gasteiger partial charge in [0.05, 0.1) is 4.92 Å². The van der Waals surface area contributed by atoms with Gasteiger partial charge in [-0.1, -0.05) is 6.07 Å². The van der Waals surface area contributed by atoms with Crippen LogP contribution in [0.3, 0.4) is 0 Å². The van der Waals surface area contributed by atoms with Crippen LogP contribution in [0.4, 0.5) is 20.2 Å². The molecular weight excluding hydrogens is 258 g/mol. The van der Waals surface area contributed by atoms with Crippen LogP contribution in [0.15, 0.2) is 36.4 Å². The van der Waals surface area contributed by atoms with Crippen molar-refractivity contribution in [1.29, 1.82) is 0 Å². The Hall–Kier alpha value is -2.70. The molecule has 2 aromatic rings. The lowest BCUT2D eigenvalue weighted by molar-refractivity contribution is -0.384. The molecule has 0 saturated carbocycles. The minimum absolute atomic E-state index is 0.126. The standard InChI is InChI=1S/C12H8F2N2O3/c13-7-4-5-8(14)11(6-7)19-10-3-1-2-9(15)12(10)16(17)18/h1-6H,15H2. The number of hydrogen-bond acceptors (Lipinski definition) is 4. The number of halogens is 2. The zero-order valence-corrected chi connectivity index (χ0v) is 9.47. The van der Waals surface area contributed by atoms with Gasteiger partial charge in [0.2, 0.25) is 5.75 Å². The quantitative estimate of drug-likeness (QED) is 0.525. The summed E-state index contributed by atoms with van der Waals surface area (Å²) < 4.78 is 31.4. The van der Waals surface area contributed by atoms with Gasteiger partial charge in [-0.15, -0.1) is 0 Å². The highest BCUT2D eigenvalue weighted by molar-refractivity contribution is 5.66. The summed E-state index contributed by atoms with van der Waals surface area (Å²) >= 11 is 0. The molecule has 98 valence electrons. The van der Waals surface area contributed by atoms with Crippen LogP contribution in [0.25, 0.3) is 0 Å². The van der Waals surface area contributed by atoms with Gasteiger partial charge in [-0.25, -0.2) is 8.78 Å². The molecule has 0 aliphatic carbocycles. The second kappa shape index (κ2) is 4.89. The van der Waals surface area contributed by atoms with Crippen LogP contribution in [0.1, 0.15) is 0 Å². The fraction of sp³-hybridized carbons (Fsp3) is 0. The molecule has 0 spiro atoms. The summed E-state index contributed by atoms with van der Waals surface area (Å²) in [5.74, 6) is -2.26. The maximum Gasteiger partial charge on any atom is 0.334 e. The van der Waals surface area contributed by atoms with Crippen molar-refractivity contribution in [3.63, 3.8) is 0 Å². The van der Waals surface area contributed by atoms with E-state index in [9.17, 15) is 18.9 Å². The summed E-state index contributed by atoms with van der Waals surface area (Å²) in [6.07, 6.45) is 0. The molecule has 2 aromatic carbocycles. The molecule has 0 fully saturated rings. The van der Waals surface area contributed by atoms with Gasteiger partial charge in [-0.05, 0) is 24.3 Å². The molecule has 2 rings (SSSR count). The first-order valence-corrected chi connectivity index (χ1v) is 5.15. The summed E-state index contributed by atoms with van der Waals surface area (Å²) in [4.78, 5) is 10.1. The van der Waals surface area contributed by atoms with Crippen LogP contribution in [0.2, 0.25) is 0 Å². The Balaban J connectivity index is 2.46. The van der Waals surface area contributed by atoms with Gasteiger partial charge >= 0.3 is 5.69 Å². The van der Waals surface area contributed by atoms with Crippen LogP contribution >= 0.6 is 0 Å². The largest absolute Gasteiger partial charge is 0.447 e. The molecule has 0 amide bonds. The Morgan fingerprint density at radius 1 is 1.16 bits per heavy atom. The van der Waals surface area contributed by atoms with E-state index in [1.54, 1.807) is 0 Å². The number of para-hydroxylation sites is 1. The van der Waals surface area contributed by atoms with E-state index in [1.165, 1.54) is 18.2 Å². The average molecular weight is 266 g/mol. The molecule has 5 nitrogen and oxygen atoms in total. The summed E-state index contributed by atoms with van der Waals surface area (Å²) in [7, 11) is 0. The normalized spacial score (nSPS) is 10.2. The average Bonchev–Trinajstić information content (AvgIpc) is 2.33. The molecule has 0 heterocycles. The fourth-order valence-corrected chi connectivity index (χ4v) is 1.49. The molecule has 0 radical (unpaired) electrons. The van der Waals surface area contributed by atoms with Crippen molar-refractivity contribution < 1.29 is 18.4 Å². The number of nitro benzene ring substituents is 1. The van der Waals surface area contributed by atoms with E-state index in [4.69, 9.17) is 10.5 Å². The molecule has 0 aromatic heterocycles. The minimum atomic E-state index is -0.835. The summed E-state index contributed by atoms with van der Waals surface area (Å²) in [5, 5.41) is 10.9. The lowest BCUT2D eigenvalue weighted by Gasteiger charge is -2.08. The third-order valence-electron chi connectivity index (χ3n) is 2.33. The number of nitrogens with zero attached hydrogens (tertiary/aromatic N) is 1. The first-order valence-electron chi connectivity index (χ1n) is 5.15. The van der Waals surface area contributed by atoms with Gasteiger partial charge in [0.15, 0.2) is 11.6 Å². The van der Waals surface area contributed by atoms with Crippen LogP contribution in [0, 0.1) is 21.7 Å². The van der Waals surface area contributed by atoms with Gasteiger partial charge in [0, 0.05) is 6.07 Å². The zero-order valence-electron chi connectivity index (χ0n) is 9.47.